The number of hydrogen-bond donors (Lipinski definition) is 3. The lowest BCUT2D eigenvalue weighted by atomic mass is 9.97. The number of aliphatic hydroxyl groups excluding tert-OH is 1. The average molecular weight is 308 g/mol. The summed E-state index contributed by atoms with van der Waals surface area (Å²) in [7, 11) is 0. The summed E-state index contributed by atoms with van der Waals surface area (Å²) in [6, 6.07) is 0. The molecule has 0 amide bonds. The van der Waals surface area contributed by atoms with Crippen LogP contribution in [0, 0.1) is 0 Å². The Bertz CT molecular complexity index is 279. The van der Waals surface area contributed by atoms with E-state index in [0.717, 1.165) is 25.7 Å². The largest absolute Gasteiger partial charge is 0.449 e. The second-order valence-corrected chi connectivity index (χ2v) is 4.87. The molecule has 1 unspecified atom stereocenters. The first-order valence-electron chi connectivity index (χ1n) is 6.55. The highest BCUT2D eigenvalue weighted by Gasteiger charge is 2.71. The van der Waals surface area contributed by atoms with Gasteiger partial charge in [0.05, 0.1) is 0 Å². The summed E-state index contributed by atoms with van der Waals surface area (Å²) < 4.78 is 62.9. The molecular weight excluding hydrogens is 287 g/mol. The van der Waals surface area contributed by atoms with Gasteiger partial charge in [0.1, 0.15) is 6.10 Å². The van der Waals surface area contributed by atoms with Crippen molar-refractivity contribution in [3.05, 3.63) is 0 Å². The third-order valence-corrected chi connectivity index (χ3v) is 3.11. The SMILES string of the molecule is CCCCCCCCC(O)C(F)(F)C(O)(O)C(F)(F)F. The Balaban J connectivity index is 4.35. The molecule has 8 heteroatoms. The van der Waals surface area contributed by atoms with Crippen molar-refractivity contribution in [1.29, 1.82) is 0 Å². The van der Waals surface area contributed by atoms with Gasteiger partial charge >= 0.3 is 17.9 Å². The number of rotatable bonds is 9. The minimum atomic E-state index is -5.95. The third-order valence-electron chi connectivity index (χ3n) is 3.11. The first kappa shape index (κ1) is 19.5. The summed E-state index contributed by atoms with van der Waals surface area (Å²) >= 11 is 0. The van der Waals surface area contributed by atoms with E-state index in [1.807, 2.05) is 6.92 Å². The Morgan fingerprint density at radius 3 is 1.75 bits per heavy atom. The first-order chi connectivity index (χ1) is 8.98. The van der Waals surface area contributed by atoms with Crippen LogP contribution >= 0.6 is 0 Å². The van der Waals surface area contributed by atoms with Gasteiger partial charge in [-0.15, -0.1) is 0 Å². The molecule has 0 heterocycles. The monoisotopic (exact) mass is 308 g/mol. The van der Waals surface area contributed by atoms with Gasteiger partial charge in [0.15, 0.2) is 0 Å². The van der Waals surface area contributed by atoms with Crippen molar-refractivity contribution in [2.75, 3.05) is 0 Å². The summed E-state index contributed by atoms with van der Waals surface area (Å²) in [5.74, 6) is -10.3. The number of hydrogen-bond acceptors (Lipinski definition) is 3. The van der Waals surface area contributed by atoms with Crippen LogP contribution in [0.4, 0.5) is 22.0 Å². The maximum absolute atomic E-state index is 13.3. The fourth-order valence-corrected chi connectivity index (χ4v) is 1.72. The average Bonchev–Trinajstić information content (AvgIpc) is 2.31. The molecule has 1 atom stereocenters. The maximum Gasteiger partial charge on any atom is 0.449 e. The fraction of sp³-hybridized carbons (Fsp3) is 1.00. The van der Waals surface area contributed by atoms with Crippen LogP contribution in [0.15, 0.2) is 0 Å². The van der Waals surface area contributed by atoms with Gasteiger partial charge in [-0.2, -0.15) is 22.0 Å². The van der Waals surface area contributed by atoms with Crippen LogP contribution in [0.25, 0.3) is 0 Å². The van der Waals surface area contributed by atoms with E-state index in [0.29, 0.717) is 6.42 Å². The van der Waals surface area contributed by atoms with Crippen LogP contribution in [-0.2, 0) is 0 Å². The Kier molecular flexibility index (Phi) is 7.34. The number of unbranched alkanes of at least 4 members (excludes halogenated alkanes) is 5. The van der Waals surface area contributed by atoms with E-state index in [1.165, 1.54) is 0 Å². The Hall–Kier alpha value is -0.470. The van der Waals surface area contributed by atoms with Gasteiger partial charge in [0.25, 0.3) is 0 Å². The highest BCUT2D eigenvalue weighted by molar-refractivity contribution is 4.94. The molecular formula is C12H21F5O3. The maximum atomic E-state index is 13.3. The lowest BCUT2D eigenvalue weighted by molar-refractivity contribution is -0.429. The molecule has 0 aliphatic heterocycles. The molecule has 20 heavy (non-hydrogen) atoms. The molecule has 0 spiro atoms. The summed E-state index contributed by atoms with van der Waals surface area (Å²) in [4.78, 5) is 0. The van der Waals surface area contributed by atoms with Crippen LogP contribution < -0.4 is 0 Å². The third kappa shape index (κ3) is 4.82. The van der Waals surface area contributed by atoms with Gasteiger partial charge in [0, 0.05) is 0 Å². The van der Waals surface area contributed by atoms with Crippen molar-refractivity contribution in [1.82, 2.24) is 0 Å². The van der Waals surface area contributed by atoms with Crippen molar-refractivity contribution >= 4 is 0 Å². The van der Waals surface area contributed by atoms with E-state index in [2.05, 4.69) is 0 Å². The molecule has 0 fully saturated rings. The van der Waals surface area contributed by atoms with E-state index in [1.54, 1.807) is 0 Å². The van der Waals surface area contributed by atoms with Gasteiger partial charge in [-0.3, -0.25) is 0 Å². The van der Waals surface area contributed by atoms with Gasteiger partial charge in [-0.25, -0.2) is 0 Å². The van der Waals surface area contributed by atoms with Crippen molar-refractivity contribution in [2.45, 2.75) is 75.9 Å². The Labute approximate surface area is 114 Å². The van der Waals surface area contributed by atoms with Crippen LogP contribution in [0.1, 0.15) is 51.9 Å². The molecule has 0 aliphatic rings. The summed E-state index contributed by atoms with van der Waals surface area (Å²) in [6.07, 6.45) is -5.17. The second-order valence-electron chi connectivity index (χ2n) is 4.87. The molecule has 0 aromatic heterocycles. The van der Waals surface area contributed by atoms with E-state index in [4.69, 9.17) is 15.3 Å². The van der Waals surface area contributed by atoms with Crippen molar-refractivity contribution in [2.24, 2.45) is 0 Å². The normalized spacial score (nSPS) is 15.4. The minimum Gasteiger partial charge on any atom is -0.387 e. The van der Waals surface area contributed by atoms with Crippen molar-refractivity contribution in [3.8, 4) is 0 Å². The van der Waals surface area contributed by atoms with Crippen molar-refractivity contribution in [3.63, 3.8) is 0 Å². The van der Waals surface area contributed by atoms with Crippen LogP contribution in [-0.4, -0.2) is 39.3 Å². The van der Waals surface area contributed by atoms with Crippen LogP contribution in [0.5, 0.6) is 0 Å². The van der Waals surface area contributed by atoms with E-state index < -0.39 is 30.4 Å². The van der Waals surface area contributed by atoms with Gasteiger partial charge < -0.3 is 15.3 Å². The molecule has 0 rings (SSSR count). The number of aliphatic hydroxyl groups is 3. The number of halogens is 5. The zero-order valence-corrected chi connectivity index (χ0v) is 11.3. The Morgan fingerprint density at radius 2 is 1.30 bits per heavy atom. The molecule has 122 valence electrons. The highest BCUT2D eigenvalue weighted by atomic mass is 19.4. The smallest absolute Gasteiger partial charge is 0.387 e. The molecule has 3 nitrogen and oxygen atoms in total. The quantitative estimate of drug-likeness (QED) is 0.349. The van der Waals surface area contributed by atoms with Gasteiger partial charge in [-0.1, -0.05) is 45.4 Å². The molecule has 0 aromatic rings. The molecule has 0 saturated carbocycles. The Morgan fingerprint density at radius 1 is 0.850 bits per heavy atom. The van der Waals surface area contributed by atoms with E-state index in [-0.39, 0.29) is 6.42 Å². The zero-order valence-electron chi connectivity index (χ0n) is 11.3. The predicted octanol–water partition coefficient (Wildman–Crippen LogP) is 2.98. The first-order valence-corrected chi connectivity index (χ1v) is 6.55. The van der Waals surface area contributed by atoms with Crippen LogP contribution in [0.3, 0.4) is 0 Å². The summed E-state index contributed by atoms with van der Waals surface area (Å²) in [5.41, 5.74) is 0. The lowest BCUT2D eigenvalue weighted by Crippen LogP contribution is -2.63. The van der Waals surface area contributed by atoms with Crippen LogP contribution in [0.2, 0.25) is 0 Å². The van der Waals surface area contributed by atoms with Gasteiger partial charge in [-0.05, 0) is 6.42 Å². The highest BCUT2D eigenvalue weighted by Crippen LogP contribution is 2.42. The molecule has 0 bridgehead atoms. The second kappa shape index (κ2) is 7.51. The topological polar surface area (TPSA) is 60.7 Å². The lowest BCUT2D eigenvalue weighted by Gasteiger charge is -2.35. The molecule has 0 aromatic carbocycles. The zero-order chi connectivity index (χ0) is 16.0. The summed E-state index contributed by atoms with van der Waals surface area (Å²) in [6.45, 7) is 1.99. The van der Waals surface area contributed by atoms with Crippen molar-refractivity contribution < 1.29 is 37.3 Å². The molecule has 0 radical (unpaired) electrons. The molecule has 0 saturated heterocycles. The fourth-order valence-electron chi connectivity index (χ4n) is 1.72. The van der Waals surface area contributed by atoms with E-state index >= 15 is 0 Å². The predicted molar refractivity (Wildman–Crippen MR) is 62.2 cm³/mol. The molecule has 3 N–H and O–H groups in total. The summed E-state index contributed by atoms with van der Waals surface area (Å²) in [5, 5.41) is 26.2. The standard InChI is InChI=1S/C12H21F5O3/c1-2-3-4-5-6-7-8-9(18)10(13,14)11(19,20)12(15,16)17/h9,18-20H,2-8H2,1H3. The van der Waals surface area contributed by atoms with E-state index in [9.17, 15) is 22.0 Å². The minimum absolute atomic E-state index is 0.0917. The number of alkyl halides is 5. The molecule has 0 aliphatic carbocycles. The van der Waals surface area contributed by atoms with Gasteiger partial charge in [0.2, 0.25) is 0 Å².